The maximum Gasteiger partial charge on any atom is 0.427 e. The number of hydrogen-bond donors (Lipinski definition) is 1. The fraction of sp³-hybridized carbons (Fsp3) is 0.333. The van der Waals surface area contributed by atoms with Gasteiger partial charge in [0.1, 0.15) is 5.69 Å². The van der Waals surface area contributed by atoms with Crippen LogP contribution in [0.2, 0.25) is 0 Å². The van der Waals surface area contributed by atoms with Crippen LogP contribution in [-0.4, -0.2) is 30.8 Å². The van der Waals surface area contributed by atoms with Crippen molar-refractivity contribution in [1.29, 1.82) is 0 Å². The largest absolute Gasteiger partial charge is 0.427 e. The molecule has 2 aromatic carbocycles. The average Bonchev–Trinajstić information content (AvgIpc) is 3.41. The van der Waals surface area contributed by atoms with Gasteiger partial charge < -0.3 is 9.67 Å². The Bertz CT molecular complexity index is 1260. The molecule has 0 radical (unpaired) electrons. The number of aryl methyl sites for hydroxylation is 1. The van der Waals surface area contributed by atoms with Crippen molar-refractivity contribution < 1.29 is 18.3 Å². The van der Waals surface area contributed by atoms with Crippen LogP contribution < -0.4 is 0 Å². The number of aromatic nitrogens is 4. The lowest BCUT2D eigenvalue weighted by Crippen LogP contribution is -2.45. The van der Waals surface area contributed by atoms with E-state index >= 15 is 0 Å². The zero-order chi connectivity index (χ0) is 22.5. The molecule has 0 fully saturated rings. The number of aliphatic hydroxyl groups is 1. The molecular formula is C24H23F3N4O. The highest BCUT2D eigenvalue weighted by Crippen LogP contribution is 2.45. The van der Waals surface area contributed by atoms with Crippen molar-refractivity contribution in [1.82, 2.24) is 19.6 Å². The molecule has 5 nitrogen and oxygen atoms in total. The Labute approximate surface area is 183 Å². The van der Waals surface area contributed by atoms with Crippen LogP contribution in [0.5, 0.6) is 0 Å². The fourth-order valence-electron chi connectivity index (χ4n) is 5.03. The first kappa shape index (κ1) is 20.8. The maximum absolute atomic E-state index is 14.3. The first-order valence-electron chi connectivity index (χ1n) is 10.7. The van der Waals surface area contributed by atoms with Crippen molar-refractivity contribution in [3.05, 3.63) is 83.3 Å². The lowest BCUT2D eigenvalue weighted by molar-refractivity contribution is -0.251. The van der Waals surface area contributed by atoms with Crippen molar-refractivity contribution >= 4 is 10.9 Å². The molecule has 1 aliphatic heterocycles. The Morgan fingerprint density at radius 2 is 1.78 bits per heavy atom. The smallest absolute Gasteiger partial charge is 0.371 e. The van der Waals surface area contributed by atoms with Crippen LogP contribution >= 0.6 is 0 Å². The summed E-state index contributed by atoms with van der Waals surface area (Å²) in [5.74, 6) is 0. The predicted octanol–water partition coefficient (Wildman–Crippen LogP) is 4.78. The molecule has 0 saturated carbocycles. The second-order valence-corrected chi connectivity index (χ2v) is 8.24. The van der Waals surface area contributed by atoms with Crippen LogP contribution in [-0.2, 0) is 25.0 Å². The molecule has 32 heavy (non-hydrogen) atoms. The third-order valence-corrected chi connectivity index (χ3v) is 6.55. The molecule has 1 N–H and O–H groups in total. The third-order valence-electron chi connectivity index (χ3n) is 6.55. The number of para-hydroxylation sites is 1. The quantitative estimate of drug-likeness (QED) is 0.497. The molecule has 4 aromatic rings. The van der Waals surface area contributed by atoms with Gasteiger partial charge in [-0.3, -0.25) is 0 Å². The lowest BCUT2D eigenvalue weighted by Gasteiger charge is -2.34. The first-order chi connectivity index (χ1) is 15.4. The van der Waals surface area contributed by atoms with Crippen LogP contribution in [0.3, 0.4) is 0 Å². The summed E-state index contributed by atoms with van der Waals surface area (Å²) in [5.41, 5.74) is -0.246. The lowest BCUT2D eigenvalue weighted by atomic mass is 9.89. The Kier molecular flexibility index (Phi) is 4.85. The molecule has 2 atom stereocenters. The van der Waals surface area contributed by atoms with Crippen molar-refractivity contribution in [3.8, 4) is 0 Å². The molecule has 8 heteroatoms. The summed E-state index contributed by atoms with van der Waals surface area (Å²) in [6, 6.07) is 14.9. The molecule has 0 aliphatic carbocycles. The maximum atomic E-state index is 14.3. The van der Waals surface area contributed by atoms with Gasteiger partial charge in [0.15, 0.2) is 0 Å². The van der Waals surface area contributed by atoms with E-state index in [9.17, 15) is 18.3 Å². The van der Waals surface area contributed by atoms with Gasteiger partial charge in [0.05, 0.1) is 12.2 Å². The SMILES string of the molecule is CCc1c2n(c3ccccc13)CC(n1nncc1C(O)(c1ccccc1)C(F)(F)F)CC2. The van der Waals surface area contributed by atoms with E-state index in [-0.39, 0.29) is 17.3 Å². The van der Waals surface area contributed by atoms with E-state index in [1.165, 1.54) is 45.6 Å². The Morgan fingerprint density at radius 1 is 1.06 bits per heavy atom. The topological polar surface area (TPSA) is 55.9 Å². The molecule has 0 bridgehead atoms. The first-order valence-corrected chi connectivity index (χ1v) is 10.7. The van der Waals surface area contributed by atoms with Crippen LogP contribution in [0, 0.1) is 0 Å². The summed E-state index contributed by atoms with van der Waals surface area (Å²) in [6.45, 7) is 2.59. The molecule has 2 aromatic heterocycles. The summed E-state index contributed by atoms with van der Waals surface area (Å²) in [4.78, 5) is 0. The molecular weight excluding hydrogens is 417 g/mol. The van der Waals surface area contributed by atoms with Crippen LogP contribution in [0.4, 0.5) is 13.2 Å². The summed E-state index contributed by atoms with van der Waals surface area (Å²) in [5, 5.41) is 20.1. The van der Waals surface area contributed by atoms with Gasteiger partial charge in [0.25, 0.3) is 0 Å². The summed E-state index contributed by atoms with van der Waals surface area (Å²) < 4.78 is 46.3. The van der Waals surface area contributed by atoms with Crippen molar-refractivity contribution in [2.75, 3.05) is 0 Å². The van der Waals surface area contributed by atoms with Crippen LogP contribution in [0.25, 0.3) is 10.9 Å². The van der Waals surface area contributed by atoms with Gasteiger partial charge in [0.2, 0.25) is 5.60 Å². The fourth-order valence-corrected chi connectivity index (χ4v) is 5.03. The van der Waals surface area contributed by atoms with Crippen LogP contribution in [0.1, 0.15) is 41.9 Å². The van der Waals surface area contributed by atoms with Gasteiger partial charge in [-0.05, 0) is 36.5 Å². The normalized spacial score (nSPS) is 18.5. The number of benzene rings is 2. The monoisotopic (exact) mass is 440 g/mol. The molecule has 0 spiro atoms. The van der Waals surface area contributed by atoms with E-state index in [2.05, 4.69) is 27.9 Å². The zero-order valence-electron chi connectivity index (χ0n) is 17.5. The number of alkyl halides is 3. The second kappa shape index (κ2) is 7.48. The highest BCUT2D eigenvalue weighted by Gasteiger charge is 2.58. The van der Waals surface area contributed by atoms with E-state index < -0.39 is 11.8 Å². The highest BCUT2D eigenvalue weighted by atomic mass is 19.4. The van der Waals surface area contributed by atoms with Gasteiger partial charge in [-0.1, -0.05) is 60.7 Å². The third kappa shape index (κ3) is 2.97. The van der Waals surface area contributed by atoms with E-state index in [0.29, 0.717) is 13.0 Å². The molecule has 1 aliphatic rings. The Hall–Kier alpha value is -3.13. The number of rotatable bonds is 4. The van der Waals surface area contributed by atoms with Gasteiger partial charge in [-0.2, -0.15) is 13.2 Å². The van der Waals surface area contributed by atoms with E-state index in [1.54, 1.807) is 6.07 Å². The second-order valence-electron chi connectivity index (χ2n) is 8.24. The molecule has 3 heterocycles. The minimum absolute atomic E-state index is 0.257. The summed E-state index contributed by atoms with van der Waals surface area (Å²) in [6.07, 6.45) is -1.69. The minimum atomic E-state index is -4.94. The summed E-state index contributed by atoms with van der Waals surface area (Å²) >= 11 is 0. The van der Waals surface area contributed by atoms with E-state index in [0.717, 1.165) is 24.6 Å². The Balaban J connectivity index is 1.61. The number of fused-ring (bicyclic) bond motifs is 3. The van der Waals surface area contributed by atoms with Gasteiger partial charge >= 0.3 is 6.18 Å². The molecule has 166 valence electrons. The highest BCUT2D eigenvalue weighted by molar-refractivity contribution is 5.85. The van der Waals surface area contributed by atoms with Crippen molar-refractivity contribution in [2.45, 2.75) is 50.6 Å². The van der Waals surface area contributed by atoms with E-state index in [1.807, 2.05) is 18.2 Å². The van der Waals surface area contributed by atoms with Gasteiger partial charge in [-0.25, -0.2) is 4.68 Å². The predicted molar refractivity (Wildman–Crippen MR) is 114 cm³/mol. The molecule has 2 unspecified atom stereocenters. The van der Waals surface area contributed by atoms with Crippen molar-refractivity contribution in [2.24, 2.45) is 0 Å². The number of nitrogens with zero attached hydrogens (tertiary/aromatic N) is 4. The zero-order valence-corrected chi connectivity index (χ0v) is 17.5. The average molecular weight is 440 g/mol. The molecule has 0 saturated heterocycles. The standard InChI is InChI=1S/C24H23F3N4O/c1-2-18-19-10-6-7-11-20(19)30-15-17(12-13-21(18)30)31-22(14-28-29-31)23(32,24(25,26)27)16-8-4-3-5-9-16/h3-11,14,17,32H,2,12-13,15H2,1H3. The van der Waals surface area contributed by atoms with Crippen LogP contribution in [0.15, 0.2) is 60.8 Å². The molecule has 5 rings (SSSR count). The van der Waals surface area contributed by atoms with Gasteiger partial charge in [0, 0.05) is 23.1 Å². The number of halogens is 3. The Morgan fingerprint density at radius 3 is 2.50 bits per heavy atom. The van der Waals surface area contributed by atoms with Gasteiger partial charge in [-0.15, -0.1) is 5.10 Å². The van der Waals surface area contributed by atoms with Crippen molar-refractivity contribution in [3.63, 3.8) is 0 Å². The minimum Gasteiger partial charge on any atom is -0.371 e. The summed E-state index contributed by atoms with van der Waals surface area (Å²) in [7, 11) is 0. The number of hydrogen-bond acceptors (Lipinski definition) is 3. The van der Waals surface area contributed by atoms with E-state index in [4.69, 9.17) is 0 Å². The molecule has 0 amide bonds.